The van der Waals surface area contributed by atoms with Crippen LogP contribution in [0.3, 0.4) is 0 Å². The lowest BCUT2D eigenvalue weighted by Gasteiger charge is -2.28. The number of hydrogen-bond donors (Lipinski definition) is 0. The van der Waals surface area contributed by atoms with Gasteiger partial charge in [0.05, 0.1) is 72.3 Å². The molecule has 0 rings (SSSR count). The van der Waals surface area contributed by atoms with Crippen LogP contribution in [0.5, 0.6) is 0 Å². The molecule has 0 aromatic carbocycles. The molecule has 0 bridgehead atoms. The van der Waals surface area contributed by atoms with Crippen molar-refractivity contribution in [1.82, 2.24) is 0 Å². The van der Waals surface area contributed by atoms with Gasteiger partial charge < -0.3 is 47.4 Å². The number of esters is 3. The SMILES string of the molecule is CCCCOCCOCCOC(=O)CC(CC(=O)OCCOCCOCCCC)(OC)C(=O)OCCOCCOCCCC. The molecule has 13 heteroatoms. The molecule has 0 aliphatic carbocycles. The van der Waals surface area contributed by atoms with E-state index in [9.17, 15) is 14.4 Å². The topological polar surface area (TPSA) is 144 Å². The second-order valence-electron chi connectivity index (χ2n) is 9.86. The van der Waals surface area contributed by atoms with Crippen molar-refractivity contribution in [1.29, 1.82) is 0 Å². The number of ether oxygens (including phenoxy) is 10. The summed E-state index contributed by atoms with van der Waals surface area (Å²) in [6.45, 7) is 10.9. The average Bonchev–Trinajstić information content (AvgIpc) is 3.01. The molecule has 44 heavy (non-hydrogen) atoms. The lowest BCUT2D eigenvalue weighted by atomic mass is 9.95. The van der Waals surface area contributed by atoms with Gasteiger partial charge in [0.25, 0.3) is 0 Å². The third kappa shape index (κ3) is 24.5. The van der Waals surface area contributed by atoms with Crippen molar-refractivity contribution in [3.8, 4) is 0 Å². The minimum Gasteiger partial charge on any atom is -0.463 e. The van der Waals surface area contributed by atoms with E-state index < -0.39 is 36.4 Å². The molecule has 0 heterocycles. The minimum absolute atomic E-state index is 0.0409. The Morgan fingerprint density at radius 1 is 0.432 bits per heavy atom. The smallest absolute Gasteiger partial charge is 0.339 e. The fourth-order valence-electron chi connectivity index (χ4n) is 3.46. The molecule has 0 atom stereocenters. The van der Waals surface area contributed by atoms with Gasteiger partial charge >= 0.3 is 17.9 Å². The largest absolute Gasteiger partial charge is 0.463 e. The lowest BCUT2D eigenvalue weighted by Crippen LogP contribution is -2.47. The van der Waals surface area contributed by atoms with Crippen LogP contribution < -0.4 is 0 Å². The van der Waals surface area contributed by atoms with Gasteiger partial charge in [-0.3, -0.25) is 9.59 Å². The highest BCUT2D eigenvalue weighted by atomic mass is 16.6. The highest BCUT2D eigenvalue weighted by Gasteiger charge is 2.45. The summed E-state index contributed by atoms with van der Waals surface area (Å²) in [4.78, 5) is 38.4. The summed E-state index contributed by atoms with van der Waals surface area (Å²) in [7, 11) is 1.22. The molecule has 0 aliphatic rings. The highest BCUT2D eigenvalue weighted by Crippen LogP contribution is 2.24. The Labute approximate surface area is 263 Å². The zero-order valence-electron chi connectivity index (χ0n) is 27.6. The molecule has 0 N–H and O–H groups in total. The second-order valence-corrected chi connectivity index (χ2v) is 9.86. The molecular formula is C31H58O13. The van der Waals surface area contributed by atoms with Crippen molar-refractivity contribution in [2.75, 3.05) is 106 Å². The zero-order valence-corrected chi connectivity index (χ0v) is 27.6. The van der Waals surface area contributed by atoms with Crippen LogP contribution in [0.4, 0.5) is 0 Å². The Hall–Kier alpha value is -1.87. The van der Waals surface area contributed by atoms with Crippen molar-refractivity contribution in [2.24, 2.45) is 0 Å². The minimum atomic E-state index is -1.95. The first-order valence-corrected chi connectivity index (χ1v) is 16.0. The van der Waals surface area contributed by atoms with Crippen LogP contribution in [-0.2, 0) is 61.8 Å². The van der Waals surface area contributed by atoms with Crippen molar-refractivity contribution in [3.05, 3.63) is 0 Å². The summed E-state index contributed by atoms with van der Waals surface area (Å²) in [6.07, 6.45) is 4.98. The van der Waals surface area contributed by atoms with Crippen molar-refractivity contribution >= 4 is 17.9 Å². The van der Waals surface area contributed by atoms with Gasteiger partial charge in [-0.05, 0) is 19.3 Å². The van der Waals surface area contributed by atoms with E-state index in [-0.39, 0.29) is 39.6 Å². The number of carbonyl (C=O) groups excluding carboxylic acids is 3. The van der Waals surface area contributed by atoms with E-state index in [0.29, 0.717) is 59.5 Å². The Morgan fingerprint density at radius 2 is 0.727 bits per heavy atom. The third-order valence-electron chi connectivity index (χ3n) is 6.11. The van der Waals surface area contributed by atoms with Crippen LogP contribution in [-0.4, -0.2) is 130 Å². The molecule has 0 amide bonds. The average molecular weight is 639 g/mol. The van der Waals surface area contributed by atoms with Gasteiger partial charge in [-0.15, -0.1) is 0 Å². The van der Waals surface area contributed by atoms with Crippen LogP contribution in [0.15, 0.2) is 0 Å². The summed E-state index contributed by atoms with van der Waals surface area (Å²) in [5.74, 6) is -2.42. The Balaban J connectivity index is 4.74. The second kappa shape index (κ2) is 31.1. The van der Waals surface area contributed by atoms with E-state index in [0.717, 1.165) is 38.5 Å². The van der Waals surface area contributed by atoms with E-state index in [1.54, 1.807) is 0 Å². The monoisotopic (exact) mass is 638 g/mol. The van der Waals surface area contributed by atoms with Gasteiger partial charge in [0.1, 0.15) is 19.8 Å². The highest BCUT2D eigenvalue weighted by molar-refractivity contribution is 5.90. The number of unbranched alkanes of at least 4 members (excludes halogenated alkanes) is 3. The van der Waals surface area contributed by atoms with Gasteiger partial charge in [-0.1, -0.05) is 40.0 Å². The van der Waals surface area contributed by atoms with Crippen LogP contribution in [0.2, 0.25) is 0 Å². The maximum Gasteiger partial charge on any atom is 0.339 e. The molecule has 0 fully saturated rings. The molecule has 0 saturated carbocycles. The molecule has 0 radical (unpaired) electrons. The third-order valence-corrected chi connectivity index (χ3v) is 6.11. The summed E-state index contributed by atoms with van der Waals surface area (Å²) < 4.78 is 53.7. The fraction of sp³-hybridized carbons (Fsp3) is 0.903. The first-order chi connectivity index (χ1) is 21.5. The normalized spacial score (nSPS) is 11.5. The maximum atomic E-state index is 13.1. The fourth-order valence-corrected chi connectivity index (χ4v) is 3.46. The summed E-state index contributed by atoms with van der Waals surface area (Å²) >= 11 is 0. The number of carbonyl (C=O) groups is 3. The van der Waals surface area contributed by atoms with E-state index in [4.69, 9.17) is 47.4 Å². The Morgan fingerprint density at radius 3 is 1.05 bits per heavy atom. The van der Waals surface area contributed by atoms with Gasteiger partial charge in [0.15, 0.2) is 5.60 Å². The van der Waals surface area contributed by atoms with Gasteiger partial charge in [0.2, 0.25) is 0 Å². The zero-order chi connectivity index (χ0) is 32.6. The molecule has 0 aliphatic heterocycles. The van der Waals surface area contributed by atoms with Crippen LogP contribution >= 0.6 is 0 Å². The predicted molar refractivity (Wildman–Crippen MR) is 161 cm³/mol. The molecule has 0 aromatic heterocycles. The Bertz CT molecular complexity index is 653. The summed E-state index contributed by atoms with van der Waals surface area (Å²) in [5, 5.41) is 0. The number of rotatable bonds is 33. The molecular weight excluding hydrogens is 580 g/mol. The first-order valence-electron chi connectivity index (χ1n) is 16.0. The van der Waals surface area contributed by atoms with E-state index >= 15 is 0 Å². The number of methoxy groups -OCH3 is 1. The van der Waals surface area contributed by atoms with Crippen LogP contribution in [0.1, 0.15) is 72.1 Å². The van der Waals surface area contributed by atoms with Gasteiger partial charge in [0, 0.05) is 26.9 Å². The summed E-state index contributed by atoms with van der Waals surface area (Å²) in [6, 6.07) is 0. The predicted octanol–water partition coefficient (Wildman–Crippen LogP) is 3.28. The quantitative estimate of drug-likeness (QED) is 0.0590. The lowest BCUT2D eigenvalue weighted by molar-refractivity contribution is -0.183. The van der Waals surface area contributed by atoms with Crippen molar-refractivity contribution in [3.63, 3.8) is 0 Å². The van der Waals surface area contributed by atoms with Gasteiger partial charge in [-0.25, -0.2) is 4.79 Å². The van der Waals surface area contributed by atoms with E-state index in [2.05, 4.69) is 20.8 Å². The molecule has 13 nitrogen and oxygen atoms in total. The first kappa shape index (κ1) is 42.1. The Kier molecular flexibility index (Phi) is 29.8. The molecule has 0 spiro atoms. The standard InChI is InChI=1S/C31H58O13/c1-5-8-11-36-14-17-39-20-23-42-28(32)26-31(35-4,30(34)44-25-22-41-19-16-38-13-10-7-3)27-29(33)43-24-21-40-18-15-37-12-9-6-2/h5-27H2,1-4H3. The molecule has 260 valence electrons. The molecule has 0 aromatic rings. The summed E-state index contributed by atoms with van der Waals surface area (Å²) in [5.41, 5.74) is -1.95. The van der Waals surface area contributed by atoms with Crippen molar-refractivity contribution < 1.29 is 61.8 Å². The van der Waals surface area contributed by atoms with E-state index in [1.165, 1.54) is 7.11 Å². The van der Waals surface area contributed by atoms with Crippen LogP contribution in [0.25, 0.3) is 0 Å². The molecule has 0 saturated heterocycles. The van der Waals surface area contributed by atoms with E-state index in [1.807, 2.05) is 0 Å². The van der Waals surface area contributed by atoms with Gasteiger partial charge in [-0.2, -0.15) is 0 Å². The van der Waals surface area contributed by atoms with Crippen molar-refractivity contribution in [2.45, 2.75) is 77.7 Å². The maximum absolute atomic E-state index is 13.1. The van der Waals surface area contributed by atoms with Crippen LogP contribution in [0, 0.1) is 0 Å². The number of hydrogen-bond acceptors (Lipinski definition) is 13. The molecule has 0 unspecified atom stereocenters.